The molecule has 1 rings (SSSR count). The van der Waals surface area contributed by atoms with Gasteiger partial charge in [-0.1, -0.05) is 26.7 Å². The van der Waals surface area contributed by atoms with E-state index in [0.717, 1.165) is 26.2 Å². The van der Waals surface area contributed by atoms with Crippen LogP contribution in [0.25, 0.3) is 0 Å². The van der Waals surface area contributed by atoms with Crippen LogP contribution in [-0.4, -0.2) is 42.8 Å². The molecule has 1 fully saturated rings. The van der Waals surface area contributed by atoms with E-state index in [4.69, 9.17) is 10.5 Å². The van der Waals surface area contributed by atoms with Crippen LogP contribution in [0.2, 0.25) is 0 Å². The minimum absolute atomic E-state index is 0.243. The number of piperidine rings is 1. The summed E-state index contributed by atoms with van der Waals surface area (Å²) in [6, 6.07) is 0. The van der Waals surface area contributed by atoms with Crippen molar-refractivity contribution >= 4 is 0 Å². The van der Waals surface area contributed by atoms with Gasteiger partial charge in [-0.05, 0) is 32.6 Å². The van der Waals surface area contributed by atoms with Crippen molar-refractivity contribution in [3.05, 3.63) is 0 Å². The summed E-state index contributed by atoms with van der Waals surface area (Å²) in [6.45, 7) is 10.6. The summed E-state index contributed by atoms with van der Waals surface area (Å²) >= 11 is 0. The van der Waals surface area contributed by atoms with Crippen LogP contribution >= 0.6 is 0 Å². The van der Waals surface area contributed by atoms with Crippen LogP contribution in [0, 0.1) is 0 Å². The molecule has 18 heavy (non-hydrogen) atoms. The van der Waals surface area contributed by atoms with Crippen LogP contribution in [0.4, 0.5) is 0 Å². The zero-order valence-corrected chi connectivity index (χ0v) is 12.6. The number of unbranched alkanes of at least 4 members (excludes halogenated alkanes) is 1. The van der Waals surface area contributed by atoms with Crippen molar-refractivity contribution in [2.45, 2.75) is 70.9 Å². The number of nitrogens with zero attached hydrogens (tertiary/aromatic N) is 1. The molecule has 0 radical (unpaired) electrons. The summed E-state index contributed by atoms with van der Waals surface area (Å²) in [5, 5.41) is 0. The fraction of sp³-hybridized carbons (Fsp3) is 1.00. The maximum Gasteiger partial charge on any atom is 0.0599 e. The Labute approximate surface area is 113 Å². The number of nitrogens with two attached hydrogens (primary N) is 1. The Morgan fingerprint density at radius 2 is 1.89 bits per heavy atom. The third kappa shape index (κ3) is 3.94. The third-order valence-corrected chi connectivity index (χ3v) is 4.55. The van der Waals surface area contributed by atoms with Crippen molar-refractivity contribution < 1.29 is 4.74 Å². The Bertz CT molecular complexity index is 209. The fourth-order valence-corrected chi connectivity index (χ4v) is 3.17. The first-order valence-electron chi connectivity index (χ1n) is 7.79. The summed E-state index contributed by atoms with van der Waals surface area (Å²) in [5.41, 5.74) is 6.35. The van der Waals surface area contributed by atoms with Crippen molar-refractivity contribution in [2.24, 2.45) is 5.73 Å². The first-order chi connectivity index (χ1) is 8.72. The molecule has 0 bridgehead atoms. The first-order valence-corrected chi connectivity index (χ1v) is 7.79. The zero-order valence-electron chi connectivity index (χ0n) is 12.6. The molecule has 1 aliphatic rings. The van der Waals surface area contributed by atoms with Gasteiger partial charge in [0, 0.05) is 31.8 Å². The molecule has 2 N–H and O–H groups in total. The quantitative estimate of drug-likeness (QED) is 0.726. The molecule has 1 saturated heterocycles. The Balaban J connectivity index is 2.54. The average molecular weight is 256 g/mol. The van der Waals surface area contributed by atoms with E-state index >= 15 is 0 Å². The average Bonchev–Trinajstić information content (AvgIpc) is 2.42. The Hall–Kier alpha value is -0.120. The number of rotatable bonds is 8. The molecular formula is C15H32N2O. The second-order valence-corrected chi connectivity index (χ2v) is 5.53. The van der Waals surface area contributed by atoms with Crippen molar-refractivity contribution in [3.63, 3.8) is 0 Å². The van der Waals surface area contributed by atoms with Gasteiger partial charge in [0.2, 0.25) is 0 Å². The van der Waals surface area contributed by atoms with Gasteiger partial charge in [-0.3, -0.25) is 4.90 Å². The SMILES string of the molecule is CCCCC(CC)(CN)N1CCC(OCC)CC1. The van der Waals surface area contributed by atoms with Crippen LogP contribution in [0.3, 0.4) is 0 Å². The lowest BCUT2D eigenvalue weighted by molar-refractivity contribution is -0.0223. The van der Waals surface area contributed by atoms with E-state index in [-0.39, 0.29) is 5.54 Å². The van der Waals surface area contributed by atoms with Crippen LogP contribution in [0.1, 0.15) is 59.3 Å². The molecule has 3 nitrogen and oxygen atoms in total. The van der Waals surface area contributed by atoms with E-state index in [1.807, 2.05) is 0 Å². The largest absolute Gasteiger partial charge is 0.378 e. The Morgan fingerprint density at radius 3 is 2.33 bits per heavy atom. The third-order valence-electron chi connectivity index (χ3n) is 4.55. The minimum atomic E-state index is 0.243. The lowest BCUT2D eigenvalue weighted by Crippen LogP contribution is -2.56. The van der Waals surface area contributed by atoms with E-state index in [9.17, 15) is 0 Å². The highest BCUT2D eigenvalue weighted by Gasteiger charge is 2.35. The lowest BCUT2D eigenvalue weighted by atomic mass is 9.86. The highest BCUT2D eigenvalue weighted by Crippen LogP contribution is 2.29. The molecule has 1 aliphatic heterocycles. The monoisotopic (exact) mass is 256 g/mol. The predicted octanol–water partition coefficient (Wildman–Crippen LogP) is 2.79. The smallest absolute Gasteiger partial charge is 0.0599 e. The van der Waals surface area contributed by atoms with Gasteiger partial charge in [-0.15, -0.1) is 0 Å². The number of hydrogen-bond acceptors (Lipinski definition) is 3. The van der Waals surface area contributed by atoms with Crippen molar-refractivity contribution in [1.29, 1.82) is 0 Å². The van der Waals surface area contributed by atoms with Gasteiger partial charge in [-0.2, -0.15) is 0 Å². The fourth-order valence-electron chi connectivity index (χ4n) is 3.17. The molecular weight excluding hydrogens is 224 g/mol. The summed E-state index contributed by atoms with van der Waals surface area (Å²) in [6.07, 6.45) is 7.78. The van der Waals surface area contributed by atoms with Crippen LogP contribution in [-0.2, 0) is 4.74 Å². The standard InChI is InChI=1S/C15H32N2O/c1-4-7-10-15(5-2,13-16)17-11-8-14(9-12-17)18-6-3/h14H,4-13,16H2,1-3H3. The Kier molecular flexibility index (Phi) is 7.20. The molecule has 3 heteroatoms. The normalized spacial score (nSPS) is 22.0. The van der Waals surface area contributed by atoms with Crippen LogP contribution in [0.5, 0.6) is 0 Å². The molecule has 0 amide bonds. The zero-order chi connectivity index (χ0) is 13.4. The van der Waals surface area contributed by atoms with Gasteiger partial charge in [0.25, 0.3) is 0 Å². The number of ether oxygens (including phenoxy) is 1. The van der Waals surface area contributed by atoms with Crippen LogP contribution in [0.15, 0.2) is 0 Å². The van der Waals surface area contributed by atoms with E-state index in [0.29, 0.717) is 6.10 Å². The Morgan fingerprint density at radius 1 is 1.22 bits per heavy atom. The summed E-state index contributed by atoms with van der Waals surface area (Å²) in [5.74, 6) is 0. The molecule has 0 saturated carbocycles. The second-order valence-electron chi connectivity index (χ2n) is 5.53. The molecule has 0 aromatic rings. The summed E-state index contributed by atoms with van der Waals surface area (Å²) in [4.78, 5) is 2.64. The van der Waals surface area contributed by atoms with Crippen LogP contribution < -0.4 is 5.73 Å². The molecule has 0 aromatic heterocycles. The van der Waals surface area contributed by atoms with Gasteiger partial charge < -0.3 is 10.5 Å². The molecule has 1 heterocycles. The second kappa shape index (κ2) is 8.13. The summed E-state index contributed by atoms with van der Waals surface area (Å²) in [7, 11) is 0. The molecule has 0 spiro atoms. The van der Waals surface area contributed by atoms with E-state index in [1.165, 1.54) is 38.5 Å². The number of hydrogen-bond donors (Lipinski definition) is 1. The minimum Gasteiger partial charge on any atom is -0.378 e. The van der Waals surface area contributed by atoms with Crippen molar-refractivity contribution in [3.8, 4) is 0 Å². The molecule has 1 atom stereocenters. The van der Waals surface area contributed by atoms with Gasteiger partial charge in [0.1, 0.15) is 0 Å². The maximum atomic E-state index is 6.11. The van der Waals surface area contributed by atoms with Gasteiger partial charge in [0.15, 0.2) is 0 Å². The lowest BCUT2D eigenvalue weighted by Gasteiger charge is -2.46. The highest BCUT2D eigenvalue weighted by atomic mass is 16.5. The van der Waals surface area contributed by atoms with Gasteiger partial charge in [-0.25, -0.2) is 0 Å². The van der Waals surface area contributed by atoms with Gasteiger partial charge in [0.05, 0.1) is 6.10 Å². The topological polar surface area (TPSA) is 38.5 Å². The van der Waals surface area contributed by atoms with Crippen molar-refractivity contribution in [1.82, 2.24) is 4.90 Å². The van der Waals surface area contributed by atoms with Gasteiger partial charge >= 0.3 is 0 Å². The molecule has 1 unspecified atom stereocenters. The van der Waals surface area contributed by atoms with E-state index in [1.54, 1.807) is 0 Å². The van der Waals surface area contributed by atoms with Crippen molar-refractivity contribution in [2.75, 3.05) is 26.2 Å². The molecule has 0 aliphatic carbocycles. The predicted molar refractivity (Wildman–Crippen MR) is 77.8 cm³/mol. The first kappa shape index (κ1) is 15.9. The summed E-state index contributed by atoms with van der Waals surface area (Å²) < 4.78 is 5.73. The molecule has 0 aromatic carbocycles. The molecule has 108 valence electrons. The highest BCUT2D eigenvalue weighted by molar-refractivity contribution is 4.93. The maximum absolute atomic E-state index is 6.11. The number of likely N-dealkylation sites (tertiary alicyclic amines) is 1. The van der Waals surface area contributed by atoms with E-state index < -0.39 is 0 Å². The van der Waals surface area contributed by atoms with E-state index in [2.05, 4.69) is 25.7 Å².